The zero-order chi connectivity index (χ0) is 19.4. The third kappa shape index (κ3) is 8.26. The Morgan fingerprint density at radius 2 is 2.07 bits per heavy atom. The van der Waals surface area contributed by atoms with Gasteiger partial charge in [-0.05, 0) is 49.9 Å². The van der Waals surface area contributed by atoms with E-state index in [0.717, 1.165) is 50.9 Å². The number of anilines is 1. The second-order valence-corrected chi connectivity index (χ2v) is 7.07. The van der Waals surface area contributed by atoms with E-state index in [-0.39, 0.29) is 24.0 Å². The number of nitrogens with one attached hydrogen (secondary N) is 2. The first-order chi connectivity index (χ1) is 13.8. The van der Waals surface area contributed by atoms with Crippen LogP contribution in [-0.2, 0) is 11.3 Å². The lowest BCUT2D eigenvalue weighted by molar-refractivity contribution is 0.105. The molecule has 3 rings (SSSR count). The van der Waals surface area contributed by atoms with Gasteiger partial charge in [0.1, 0.15) is 12.4 Å². The summed E-state index contributed by atoms with van der Waals surface area (Å²) in [6.45, 7) is 8.06. The first-order valence-electron chi connectivity index (χ1n) is 10.3. The number of hydrogen-bond donors (Lipinski definition) is 2. The van der Waals surface area contributed by atoms with E-state index >= 15 is 0 Å². The van der Waals surface area contributed by atoms with Crippen LogP contribution in [0.4, 0.5) is 5.69 Å². The minimum absolute atomic E-state index is 0. The number of benzene rings is 1. The maximum atomic E-state index is 5.62. The molecule has 0 radical (unpaired) electrons. The second kappa shape index (κ2) is 13.5. The van der Waals surface area contributed by atoms with Gasteiger partial charge in [-0.25, -0.2) is 0 Å². The van der Waals surface area contributed by atoms with Crippen LogP contribution in [0.25, 0.3) is 0 Å². The second-order valence-electron chi connectivity index (χ2n) is 7.07. The number of guanidine groups is 1. The Morgan fingerprint density at radius 1 is 1.21 bits per heavy atom. The lowest BCUT2D eigenvalue weighted by Crippen LogP contribution is -2.38. The zero-order valence-corrected chi connectivity index (χ0v) is 19.5. The summed E-state index contributed by atoms with van der Waals surface area (Å²) >= 11 is 0. The Kier molecular flexibility index (Phi) is 10.9. The molecule has 2 N–H and O–H groups in total. The Balaban J connectivity index is 0.00000300. The predicted molar refractivity (Wildman–Crippen MR) is 129 cm³/mol. The molecule has 29 heavy (non-hydrogen) atoms. The number of para-hydroxylation sites is 1. The van der Waals surface area contributed by atoms with Crippen molar-refractivity contribution >= 4 is 35.6 Å². The molecule has 1 atom stereocenters. The fraction of sp³-hybridized carbons (Fsp3) is 0.500. The van der Waals surface area contributed by atoms with E-state index in [2.05, 4.69) is 52.8 Å². The van der Waals surface area contributed by atoms with Crippen molar-refractivity contribution < 1.29 is 9.15 Å². The van der Waals surface area contributed by atoms with Gasteiger partial charge in [-0.15, -0.1) is 24.0 Å². The lowest BCUT2D eigenvalue weighted by Gasteiger charge is -2.18. The molecule has 7 heteroatoms. The van der Waals surface area contributed by atoms with E-state index in [1.54, 1.807) is 6.26 Å². The van der Waals surface area contributed by atoms with Gasteiger partial charge in [0.25, 0.3) is 0 Å². The third-order valence-electron chi connectivity index (χ3n) is 4.84. The van der Waals surface area contributed by atoms with E-state index in [1.165, 1.54) is 12.1 Å². The zero-order valence-electron chi connectivity index (χ0n) is 17.2. The van der Waals surface area contributed by atoms with E-state index in [0.29, 0.717) is 19.1 Å². The molecule has 6 nitrogen and oxygen atoms in total. The highest BCUT2D eigenvalue weighted by Gasteiger charge is 2.22. The molecule has 1 aliphatic rings. The van der Waals surface area contributed by atoms with Gasteiger partial charge in [0.15, 0.2) is 5.96 Å². The molecule has 0 spiro atoms. The topological polar surface area (TPSA) is 62.0 Å². The molecule has 2 heterocycles. The molecule has 1 aromatic carbocycles. The summed E-state index contributed by atoms with van der Waals surface area (Å²) in [6, 6.07) is 14.5. The number of furan rings is 1. The maximum Gasteiger partial charge on any atom is 0.191 e. The minimum atomic E-state index is 0. The average Bonchev–Trinajstić information content (AvgIpc) is 3.41. The maximum absolute atomic E-state index is 5.62. The van der Waals surface area contributed by atoms with Gasteiger partial charge in [-0.1, -0.05) is 18.2 Å². The standard InChI is InChI=1S/C22H32N4O2.HI/c1-2-23-22(24-12-7-14-27-18-21-10-6-15-28-21)25-16-19-11-13-26(17-19)20-8-4-3-5-9-20;/h3-6,8-10,15,19H,2,7,11-14,16-18H2,1H3,(H2,23,24,25);1H. The summed E-state index contributed by atoms with van der Waals surface area (Å²) in [5.74, 6) is 2.36. The smallest absolute Gasteiger partial charge is 0.191 e. The molecule has 0 amide bonds. The van der Waals surface area contributed by atoms with Gasteiger partial charge in [0.2, 0.25) is 0 Å². The number of aliphatic imine (C=N–C) groups is 1. The molecule has 1 unspecified atom stereocenters. The number of ether oxygens (including phenoxy) is 1. The Labute approximate surface area is 191 Å². The monoisotopic (exact) mass is 512 g/mol. The molecule has 1 saturated heterocycles. The molecular weight excluding hydrogens is 479 g/mol. The van der Waals surface area contributed by atoms with Crippen LogP contribution in [0.3, 0.4) is 0 Å². The molecule has 1 fully saturated rings. The summed E-state index contributed by atoms with van der Waals surface area (Å²) in [4.78, 5) is 7.25. The van der Waals surface area contributed by atoms with Crippen molar-refractivity contribution in [3.63, 3.8) is 0 Å². The van der Waals surface area contributed by atoms with Crippen LogP contribution in [0, 0.1) is 5.92 Å². The molecule has 2 aromatic rings. The summed E-state index contributed by atoms with van der Waals surface area (Å²) in [6.07, 6.45) is 3.79. The molecule has 0 aliphatic carbocycles. The van der Waals surface area contributed by atoms with Crippen LogP contribution >= 0.6 is 24.0 Å². The van der Waals surface area contributed by atoms with E-state index in [4.69, 9.17) is 14.1 Å². The molecule has 1 aromatic heterocycles. The lowest BCUT2D eigenvalue weighted by atomic mass is 10.1. The van der Waals surface area contributed by atoms with Crippen molar-refractivity contribution in [3.8, 4) is 0 Å². The van der Waals surface area contributed by atoms with Crippen molar-refractivity contribution in [1.29, 1.82) is 0 Å². The van der Waals surface area contributed by atoms with Crippen molar-refractivity contribution in [3.05, 3.63) is 54.5 Å². The average molecular weight is 512 g/mol. The van der Waals surface area contributed by atoms with Crippen molar-refractivity contribution in [2.75, 3.05) is 44.2 Å². The number of halogens is 1. The van der Waals surface area contributed by atoms with Gasteiger partial charge in [0, 0.05) is 45.0 Å². The fourth-order valence-electron chi connectivity index (χ4n) is 3.37. The summed E-state index contributed by atoms with van der Waals surface area (Å²) < 4.78 is 10.9. The molecule has 0 saturated carbocycles. The largest absolute Gasteiger partial charge is 0.467 e. The number of nitrogens with zero attached hydrogens (tertiary/aromatic N) is 2. The SMILES string of the molecule is CCNC(=NCC1CCN(c2ccccc2)C1)NCCCOCc1ccco1.I. The number of hydrogen-bond acceptors (Lipinski definition) is 4. The van der Waals surface area contributed by atoms with Crippen molar-refractivity contribution in [2.24, 2.45) is 10.9 Å². The molecule has 160 valence electrons. The molecule has 1 aliphatic heterocycles. The van der Waals surface area contributed by atoms with Gasteiger partial charge in [-0.2, -0.15) is 0 Å². The molecular formula is C22H33IN4O2. The van der Waals surface area contributed by atoms with Crippen LogP contribution < -0.4 is 15.5 Å². The Hall–Kier alpha value is -1.74. The quantitative estimate of drug-likeness (QED) is 0.219. The highest BCUT2D eigenvalue weighted by molar-refractivity contribution is 14.0. The van der Waals surface area contributed by atoms with Crippen molar-refractivity contribution in [1.82, 2.24) is 10.6 Å². The van der Waals surface area contributed by atoms with E-state index in [1.807, 2.05) is 12.1 Å². The van der Waals surface area contributed by atoms with E-state index < -0.39 is 0 Å². The Bertz CT molecular complexity index is 694. The fourth-order valence-corrected chi connectivity index (χ4v) is 3.37. The first-order valence-corrected chi connectivity index (χ1v) is 10.3. The van der Waals surface area contributed by atoms with Gasteiger partial charge in [0.05, 0.1) is 6.26 Å². The summed E-state index contributed by atoms with van der Waals surface area (Å²) in [5.41, 5.74) is 1.31. The summed E-state index contributed by atoms with van der Waals surface area (Å²) in [7, 11) is 0. The van der Waals surface area contributed by atoms with Gasteiger partial charge in [-0.3, -0.25) is 4.99 Å². The third-order valence-corrected chi connectivity index (χ3v) is 4.84. The van der Waals surface area contributed by atoms with Crippen LogP contribution in [-0.4, -0.2) is 45.3 Å². The highest BCUT2D eigenvalue weighted by atomic mass is 127. The van der Waals surface area contributed by atoms with Crippen LogP contribution in [0.5, 0.6) is 0 Å². The van der Waals surface area contributed by atoms with Crippen molar-refractivity contribution in [2.45, 2.75) is 26.4 Å². The van der Waals surface area contributed by atoms with Crippen LogP contribution in [0.15, 0.2) is 58.1 Å². The molecule has 0 bridgehead atoms. The predicted octanol–water partition coefficient (Wildman–Crippen LogP) is 3.89. The first kappa shape index (κ1) is 23.5. The minimum Gasteiger partial charge on any atom is -0.467 e. The van der Waals surface area contributed by atoms with Crippen LogP contribution in [0.2, 0.25) is 0 Å². The van der Waals surface area contributed by atoms with Gasteiger partial charge < -0.3 is 24.7 Å². The summed E-state index contributed by atoms with van der Waals surface area (Å²) in [5, 5.41) is 6.74. The van der Waals surface area contributed by atoms with Crippen LogP contribution in [0.1, 0.15) is 25.5 Å². The Morgan fingerprint density at radius 3 is 2.83 bits per heavy atom. The number of rotatable bonds is 10. The van der Waals surface area contributed by atoms with Gasteiger partial charge >= 0.3 is 0 Å². The van der Waals surface area contributed by atoms with E-state index in [9.17, 15) is 0 Å². The normalized spacial score (nSPS) is 16.5. The highest BCUT2D eigenvalue weighted by Crippen LogP contribution is 2.23.